The van der Waals surface area contributed by atoms with Gasteiger partial charge in [-0.3, -0.25) is 4.98 Å². The van der Waals surface area contributed by atoms with Crippen LogP contribution in [0, 0.1) is 0 Å². The smallest absolute Gasteiger partial charge is 0.336 e. The molecule has 0 bridgehead atoms. The first kappa shape index (κ1) is 15.6. The van der Waals surface area contributed by atoms with E-state index < -0.39 is 17.9 Å². The van der Waals surface area contributed by atoms with Crippen molar-refractivity contribution in [2.75, 3.05) is 13.2 Å². The third-order valence-electron chi connectivity index (χ3n) is 3.06. The Hall–Kier alpha value is -1.76. The summed E-state index contributed by atoms with van der Waals surface area (Å²) in [7, 11) is 0. The lowest BCUT2D eigenvalue weighted by Crippen LogP contribution is -2.26. The van der Waals surface area contributed by atoms with E-state index >= 15 is 0 Å². The highest BCUT2D eigenvalue weighted by atomic mass is 16.7. The summed E-state index contributed by atoms with van der Waals surface area (Å²) < 4.78 is 16.0. The van der Waals surface area contributed by atoms with Crippen molar-refractivity contribution in [3.05, 3.63) is 42.2 Å². The van der Waals surface area contributed by atoms with Crippen LogP contribution < -0.4 is 0 Å². The minimum atomic E-state index is -1.14. The molecule has 0 amide bonds. The van der Waals surface area contributed by atoms with Crippen LogP contribution in [0.1, 0.15) is 25.5 Å². The highest BCUT2D eigenvalue weighted by Crippen LogP contribution is 2.23. The van der Waals surface area contributed by atoms with Crippen molar-refractivity contribution in [3.63, 3.8) is 0 Å². The molecule has 114 valence electrons. The number of rotatable bonds is 5. The van der Waals surface area contributed by atoms with Crippen molar-refractivity contribution in [2.45, 2.75) is 31.8 Å². The molecule has 2 heterocycles. The molecule has 21 heavy (non-hydrogen) atoms. The molecule has 0 aromatic carbocycles. The molecule has 0 saturated carbocycles. The molecule has 0 radical (unpaired) electrons. The molecular formula is C15H19NO5. The van der Waals surface area contributed by atoms with Crippen molar-refractivity contribution >= 4 is 5.97 Å². The van der Waals surface area contributed by atoms with E-state index in [4.69, 9.17) is 14.2 Å². The van der Waals surface area contributed by atoms with Gasteiger partial charge < -0.3 is 19.3 Å². The predicted octanol–water partition coefficient (Wildman–Crippen LogP) is 1.37. The Balaban J connectivity index is 1.85. The zero-order chi connectivity index (χ0) is 15.5. The SMILES string of the molecule is C=C(C(=O)OCC1COC(C)(C)O1)C(O)c1cccnc1. The highest BCUT2D eigenvalue weighted by molar-refractivity contribution is 5.89. The number of hydrogen-bond acceptors (Lipinski definition) is 6. The molecule has 1 fully saturated rings. The maximum absolute atomic E-state index is 11.9. The molecule has 1 aliphatic rings. The Labute approximate surface area is 123 Å². The molecule has 1 aromatic heterocycles. The second-order valence-electron chi connectivity index (χ2n) is 5.26. The molecule has 2 unspecified atom stereocenters. The summed E-state index contributed by atoms with van der Waals surface area (Å²) in [5.74, 6) is -1.33. The molecule has 0 spiro atoms. The largest absolute Gasteiger partial charge is 0.459 e. The molecule has 1 aromatic rings. The van der Waals surface area contributed by atoms with Crippen LogP contribution in [0.2, 0.25) is 0 Å². The zero-order valence-corrected chi connectivity index (χ0v) is 12.1. The highest BCUT2D eigenvalue weighted by Gasteiger charge is 2.33. The van der Waals surface area contributed by atoms with Gasteiger partial charge in [0, 0.05) is 18.0 Å². The van der Waals surface area contributed by atoms with Crippen molar-refractivity contribution in [2.24, 2.45) is 0 Å². The number of pyridine rings is 1. The van der Waals surface area contributed by atoms with E-state index in [2.05, 4.69) is 11.6 Å². The summed E-state index contributed by atoms with van der Waals surface area (Å²) in [6, 6.07) is 3.33. The minimum absolute atomic E-state index is 0.0406. The maximum Gasteiger partial charge on any atom is 0.336 e. The van der Waals surface area contributed by atoms with Crippen molar-refractivity contribution in [1.82, 2.24) is 4.98 Å². The maximum atomic E-state index is 11.9. The van der Waals surface area contributed by atoms with Gasteiger partial charge in [0.05, 0.1) is 12.2 Å². The fourth-order valence-electron chi connectivity index (χ4n) is 1.96. The molecule has 2 atom stereocenters. The number of aliphatic hydroxyl groups is 1. The van der Waals surface area contributed by atoms with E-state index in [-0.39, 0.29) is 18.3 Å². The van der Waals surface area contributed by atoms with Gasteiger partial charge in [-0.05, 0) is 19.9 Å². The lowest BCUT2D eigenvalue weighted by atomic mass is 10.1. The normalized spacial score (nSPS) is 21.8. The first-order valence-electron chi connectivity index (χ1n) is 6.65. The van der Waals surface area contributed by atoms with E-state index in [0.717, 1.165) is 0 Å². The fourth-order valence-corrected chi connectivity index (χ4v) is 1.96. The van der Waals surface area contributed by atoms with E-state index in [1.807, 2.05) is 0 Å². The topological polar surface area (TPSA) is 77.9 Å². The Kier molecular flexibility index (Phi) is 4.72. The van der Waals surface area contributed by atoms with E-state index in [1.165, 1.54) is 6.20 Å². The molecule has 6 heteroatoms. The molecule has 2 rings (SSSR count). The summed E-state index contributed by atoms with van der Waals surface area (Å²) in [5, 5.41) is 10.0. The van der Waals surface area contributed by atoms with Gasteiger partial charge in [0.15, 0.2) is 5.79 Å². The zero-order valence-electron chi connectivity index (χ0n) is 12.1. The average Bonchev–Trinajstić information content (AvgIpc) is 2.83. The first-order chi connectivity index (χ1) is 9.89. The summed E-state index contributed by atoms with van der Waals surface area (Å²) in [6.07, 6.45) is 1.60. The van der Waals surface area contributed by atoms with Crippen molar-refractivity contribution in [3.8, 4) is 0 Å². The van der Waals surface area contributed by atoms with Gasteiger partial charge in [0.25, 0.3) is 0 Å². The first-order valence-corrected chi connectivity index (χ1v) is 6.65. The van der Waals surface area contributed by atoms with Gasteiger partial charge >= 0.3 is 5.97 Å². The Morgan fingerprint density at radius 1 is 1.67 bits per heavy atom. The van der Waals surface area contributed by atoms with Gasteiger partial charge in [-0.25, -0.2) is 4.79 Å². The summed E-state index contributed by atoms with van der Waals surface area (Å²) in [4.78, 5) is 15.8. The lowest BCUT2D eigenvalue weighted by Gasteiger charge is -2.17. The van der Waals surface area contributed by atoms with Crippen molar-refractivity contribution < 1.29 is 24.1 Å². The lowest BCUT2D eigenvalue weighted by molar-refractivity contribution is -0.156. The van der Waals surface area contributed by atoms with Crippen LogP contribution >= 0.6 is 0 Å². The van der Waals surface area contributed by atoms with Gasteiger partial charge in [-0.1, -0.05) is 12.6 Å². The summed E-state index contributed by atoms with van der Waals surface area (Å²) >= 11 is 0. The number of nitrogens with zero attached hydrogens (tertiary/aromatic N) is 1. The van der Waals surface area contributed by atoms with Crippen LogP contribution in [0.4, 0.5) is 0 Å². The minimum Gasteiger partial charge on any atom is -0.459 e. The van der Waals surface area contributed by atoms with E-state index in [1.54, 1.807) is 32.2 Å². The van der Waals surface area contributed by atoms with Gasteiger partial charge in [-0.2, -0.15) is 0 Å². The van der Waals surface area contributed by atoms with E-state index in [9.17, 15) is 9.90 Å². The van der Waals surface area contributed by atoms with Crippen LogP contribution in [-0.2, 0) is 19.0 Å². The number of ether oxygens (including phenoxy) is 3. The van der Waals surface area contributed by atoms with Gasteiger partial charge in [0.2, 0.25) is 0 Å². The molecule has 1 saturated heterocycles. The van der Waals surface area contributed by atoms with Crippen LogP contribution in [-0.4, -0.2) is 41.2 Å². The third kappa shape index (κ3) is 4.10. The number of esters is 1. The molecule has 1 N–H and O–H groups in total. The average molecular weight is 293 g/mol. The molecule has 1 aliphatic heterocycles. The Morgan fingerprint density at radius 2 is 2.43 bits per heavy atom. The van der Waals surface area contributed by atoms with Crippen LogP contribution in [0.3, 0.4) is 0 Å². The number of hydrogen-bond donors (Lipinski definition) is 1. The Bertz CT molecular complexity index is 514. The van der Waals surface area contributed by atoms with Crippen LogP contribution in [0.25, 0.3) is 0 Å². The molecule has 6 nitrogen and oxygen atoms in total. The number of carbonyl (C=O) groups excluding carboxylic acids is 1. The predicted molar refractivity (Wildman–Crippen MR) is 74.2 cm³/mol. The Morgan fingerprint density at radius 3 is 3.00 bits per heavy atom. The van der Waals surface area contributed by atoms with Crippen LogP contribution in [0.15, 0.2) is 36.7 Å². The van der Waals surface area contributed by atoms with Gasteiger partial charge in [0.1, 0.15) is 18.8 Å². The standard InChI is InChI=1S/C15H19NO5/c1-10(13(17)11-5-4-6-16-7-11)14(18)19-8-12-9-20-15(2,3)21-12/h4-7,12-13,17H,1,8-9H2,2-3H3. The monoisotopic (exact) mass is 293 g/mol. The summed E-state index contributed by atoms with van der Waals surface area (Å²) in [5.41, 5.74) is 0.446. The molecule has 0 aliphatic carbocycles. The van der Waals surface area contributed by atoms with Gasteiger partial charge in [-0.15, -0.1) is 0 Å². The second kappa shape index (κ2) is 6.34. The second-order valence-corrected chi connectivity index (χ2v) is 5.26. The third-order valence-corrected chi connectivity index (χ3v) is 3.06. The summed E-state index contributed by atoms with van der Waals surface area (Å²) in [6.45, 7) is 7.58. The van der Waals surface area contributed by atoms with E-state index in [0.29, 0.717) is 12.2 Å². The van der Waals surface area contributed by atoms with Crippen molar-refractivity contribution in [1.29, 1.82) is 0 Å². The number of aliphatic hydroxyl groups excluding tert-OH is 1. The molecular weight excluding hydrogens is 274 g/mol. The number of aromatic nitrogens is 1. The fraction of sp³-hybridized carbons (Fsp3) is 0.467. The quantitative estimate of drug-likeness (QED) is 0.652. The van der Waals surface area contributed by atoms with Crippen LogP contribution in [0.5, 0.6) is 0 Å². The number of carbonyl (C=O) groups is 1.